The van der Waals surface area contributed by atoms with E-state index in [0.29, 0.717) is 36.2 Å². The third kappa shape index (κ3) is 5.98. The average molecular weight is 694 g/mol. The molecule has 2 aliphatic heterocycles. The fourth-order valence-corrected chi connectivity index (χ4v) is 8.25. The molecule has 3 aliphatic rings. The second kappa shape index (κ2) is 12.1. The van der Waals surface area contributed by atoms with Gasteiger partial charge in [-0.25, -0.2) is 9.37 Å². The van der Waals surface area contributed by atoms with E-state index in [0.717, 1.165) is 60.6 Å². The van der Waals surface area contributed by atoms with Crippen LogP contribution < -0.4 is 0 Å². The molecule has 2 fully saturated rings. The van der Waals surface area contributed by atoms with E-state index in [1.54, 1.807) is 16.5 Å². The topological polar surface area (TPSA) is 102 Å². The van der Waals surface area contributed by atoms with Crippen molar-refractivity contribution in [1.29, 1.82) is 0 Å². The van der Waals surface area contributed by atoms with Crippen LogP contribution in [0.3, 0.4) is 0 Å². The van der Waals surface area contributed by atoms with Crippen LogP contribution in [0, 0.1) is 30.5 Å². The van der Waals surface area contributed by atoms with Crippen LogP contribution in [0.25, 0.3) is 10.9 Å². The summed E-state index contributed by atoms with van der Waals surface area (Å²) < 4.78 is 15.8. The summed E-state index contributed by atoms with van der Waals surface area (Å²) in [6, 6.07) is 4.60. The van der Waals surface area contributed by atoms with Gasteiger partial charge < -0.3 is 4.90 Å². The SMILES string of the molecule is CC(=O)c1nn2c3c(cc(C)cc13)CCCCCC(C)(C)C(=O)CC[C@@]13C[C@@H](C(=O)Cc4nc(Br)c(F)cc4C)N(C(=O)C2)[C@@H]1C3. The van der Waals surface area contributed by atoms with Gasteiger partial charge in [0.15, 0.2) is 17.4 Å². The van der Waals surface area contributed by atoms with Crippen molar-refractivity contribution >= 4 is 50.1 Å². The van der Waals surface area contributed by atoms with E-state index in [2.05, 4.69) is 32.1 Å². The minimum absolute atomic E-state index is 0.0312. The summed E-state index contributed by atoms with van der Waals surface area (Å²) in [5, 5.41) is 5.43. The van der Waals surface area contributed by atoms with Crippen LogP contribution >= 0.6 is 15.9 Å². The van der Waals surface area contributed by atoms with Crippen molar-refractivity contribution in [2.24, 2.45) is 10.8 Å². The number of halogens is 2. The van der Waals surface area contributed by atoms with Gasteiger partial charge in [-0.1, -0.05) is 38.3 Å². The monoisotopic (exact) mass is 692 g/mol. The van der Waals surface area contributed by atoms with Crippen molar-refractivity contribution < 1.29 is 23.6 Å². The molecule has 6 rings (SSSR count). The molecule has 0 spiro atoms. The normalized spacial score (nSPS) is 25.0. The van der Waals surface area contributed by atoms with E-state index >= 15 is 0 Å². The van der Waals surface area contributed by atoms with Crippen molar-refractivity contribution in [2.75, 3.05) is 0 Å². The molecule has 46 heavy (non-hydrogen) atoms. The fraction of sp³-hybridized carbons (Fsp3) is 0.556. The van der Waals surface area contributed by atoms with Crippen molar-refractivity contribution in [1.82, 2.24) is 19.7 Å². The molecule has 1 aliphatic carbocycles. The smallest absolute Gasteiger partial charge is 0.245 e. The fourth-order valence-electron chi connectivity index (χ4n) is 7.92. The summed E-state index contributed by atoms with van der Waals surface area (Å²) in [4.78, 5) is 60.5. The molecule has 3 atom stereocenters. The lowest BCUT2D eigenvalue weighted by atomic mass is 9.79. The number of amides is 1. The van der Waals surface area contributed by atoms with E-state index < -0.39 is 17.3 Å². The van der Waals surface area contributed by atoms with Crippen LogP contribution in [0.1, 0.15) is 105 Å². The number of pyridine rings is 1. The van der Waals surface area contributed by atoms with Crippen LogP contribution in [0.5, 0.6) is 0 Å². The molecule has 0 radical (unpaired) electrons. The Labute approximate surface area is 277 Å². The summed E-state index contributed by atoms with van der Waals surface area (Å²) in [5.74, 6) is -0.802. The maximum Gasteiger partial charge on any atom is 0.245 e. The predicted molar refractivity (Wildman–Crippen MR) is 176 cm³/mol. The summed E-state index contributed by atoms with van der Waals surface area (Å²) in [6.45, 7) is 9.19. The van der Waals surface area contributed by atoms with Crippen LogP contribution in [0.2, 0.25) is 0 Å². The quantitative estimate of drug-likeness (QED) is 0.220. The van der Waals surface area contributed by atoms with Gasteiger partial charge in [-0.3, -0.25) is 23.9 Å². The van der Waals surface area contributed by atoms with Gasteiger partial charge in [0.2, 0.25) is 5.91 Å². The minimum Gasteiger partial charge on any atom is -0.327 e. The van der Waals surface area contributed by atoms with Crippen molar-refractivity contribution in [3.8, 4) is 0 Å². The van der Waals surface area contributed by atoms with Crippen LogP contribution in [-0.4, -0.2) is 55.0 Å². The molecule has 2 aromatic heterocycles. The highest BCUT2D eigenvalue weighted by atomic mass is 79.9. The first-order chi connectivity index (χ1) is 21.7. The Morgan fingerprint density at radius 2 is 1.80 bits per heavy atom. The van der Waals surface area contributed by atoms with Gasteiger partial charge in [-0.15, -0.1) is 0 Å². The third-order valence-corrected chi connectivity index (χ3v) is 11.2. The highest BCUT2D eigenvalue weighted by Gasteiger charge is 2.66. The third-order valence-electron chi connectivity index (χ3n) is 10.7. The molecule has 1 aromatic carbocycles. The molecule has 0 unspecified atom stereocenters. The second-order valence-electron chi connectivity index (χ2n) is 14.5. The first-order valence-corrected chi connectivity index (χ1v) is 17.2. The Hall–Kier alpha value is -3.27. The molecule has 8 nitrogen and oxygen atoms in total. The highest BCUT2D eigenvalue weighted by Crippen LogP contribution is 2.62. The molecule has 3 aromatic rings. The average Bonchev–Trinajstić information content (AvgIpc) is 3.39. The van der Waals surface area contributed by atoms with Gasteiger partial charge in [0.05, 0.1) is 23.7 Å². The molecule has 0 N–H and O–H groups in total. The maximum atomic E-state index is 14.3. The van der Waals surface area contributed by atoms with E-state index in [4.69, 9.17) is 0 Å². The number of carbonyl (C=O) groups is 4. The standard InChI is InChI=1S/C36H42BrFN4O4/c1-20-13-23-9-7-6-8-11-35(4,5)30(45)10-12-36-17-27(28(44)16-26-21(2)15-25(38)34(37)39-26)42(29(36)18-36)31(46)19-41-33(23)24(14-20)32(40-41)22(3)43/h13-15,27,29H,6-12,16-19H2,1-5H3/t27-,29+,36-/m0/s1. The molecule has 244 valence electrons. The van der Waals surface area contributed by atoms with E-state index in [-0.39, 0.29) is 52.3 Å². The number of aromatic nitrogens is 3. The predicted octanol–water partition coefficient (Wildman–Crippen LogP) is 6.82. The Morgan fingerprint density at radius 3 is 2.54 bits per heavy atom. The maximum absolute atomic E-state index is 14.3. The first kappa shape index (κ1) is 32.7. The molecule has 2 bridgehead atoms. The number of Topliss-reactive ketones (excluding diaryl/α,β-unsaturated/α-hetero) is 3. The van der Waals surface area contributed by atoms with Crippen molar-refractivity contribution in [2.45, 2.75) is 117 Å². The number of hydrogen-bond donors (Lipinski definition) is 0. The number of nitrogens with zero attached hydrogens (tertiary/aromatic N) is 4. The molecular weight excluding hydrogens is 651 g/mol. The Bertz CT molecular complexity index is 1780. The number of benzene rings is 1. The summed E-state index contributed by atoms with van der Waals surface area (Å²) >= 11 is 3.14. The van der Waals surface area contributed by atoms with Gasteiger partial charge in [0, 0.05) is 30.2 Å². The first-order valence-electron chi connectivity index (χ1n) is 16.4. The Balaban J connectivity index is 1.39. The number of aryl methyl sites for hydroxylation is 3. The molecule has 10 heteroatoms. The number of carbonyl (C=O) groups excluding carboxylic acids is 4. The summed E-state index contributed by atoms with van der Waals surface area (Å²) in [5.41, 5.74) is 3.52. The Kier molecular flexibility index (Phi) is 8.57. The number of hydrogen-bond acceptors (Lipinski definition) is 6. The largest absolute Gasteiger partial charge is 0.327 e. The highest BCUT2D eigenvalue weighted by molar-refractivity contribution is 9.10. The van der Waals surface area contributed by atoms with Crippen LogP contribution in [0.4, 0.5) is 4.39 Å². The zero-order valence-corrected chi connectivity index (χ0v) is 28.9. The van der Waals surface area contributed by atoms with Crippen molar-refractivity contribution in [3.05, 3.63) is 56.7 Å². The van der Waals surface area contributed by atoms with Gasteiger partial charge >= 0.3 is 0 Å². The number of ketones is 3. The van der Waals surface area contributed by atoms with Gasteiger partial charge in [-0.2, -0.15) is 5.10 Å². The lowest BCUT2D eigenvalue weighted by Crippen LogP contribution is -2.45. The lowest BCUT2D eigenvalue weighted by molar-refractivity contribution is -0.139. The minimum atomic E-state index is -0.686. The van der Waals surface area contributed by atoms with Gasteiger partial charge in [0.1, 0.15) is 22.6 Å². The molecule has 4 heterocycles. The Morgan fingerprint density at radius 1 is 1.04 bits per heavy atom. The van der Waals surface area contributed by atoms with E-state index in [9.17, 15) is 23.6 Å². The number of piperidine rings is 1. The van der Waals surface area contributed by atoms with Gasteiger partial charge in [0.25, 0.3) is 0 Å². The molecule has 1 saturated carbocycles. The molecule has 1 saturated heterocycles. The summed E-state index contributed by atoms with van der Waals surface area (Å²) in [6.07, 6.45) is 6.66. The van der Waals surface area contributed by atoms with Crippen LogP contribution in [-0.2, 0) is 33.8 Å². The molecule has 1 amide bonds. The second-order valence-corrected chi connectivity index (χ2v) is 15.3. The van der Waals surface area contributed by atoms with E-state index in [1.165, 1.54) is 13.0 Å². The zero-order valence-electron chi connectivity index (χ0n) is 27.3. The molecular formula is C36H42BrFN4O4. The van der Waals surface area contributed by atoms with E-state index in [1.807, 2.05) is 26.8 Å². The van der Waals surface area contributed by atoms with Crippen LogP contribution in [0.15, 0.2) is 22.8 Å². The summed E-state index contributed by atoms with van der Waals surface area (Å²) in [7, 11) is 0. The lowest BCUT2D eigenvalue weighted by Gasteiger charge is -2.27. The van der Waals surface area contributed by atoms with Gasteiger partial charge in [-0.05, 0) is 97.0 Å². The zero-order chi connectivity index (χ0) is 33.1. The van der Waals surface area contributed by atoms with Crippen molar-refractivity contribution in [3.63, 3.8) is 0 Å². The number of rotatable bonds is 4.